The summed E-state index contributed by atoms with van der Waals surface area (Å²) in [6, 6.07) is 0. The number of hydrogen-bond acceptors (Lipinski definition) is 3. The highest BCUT2D eigenvalue weighted by molar-refractivity contribution is 7.80. The van der Waals surface area contributed by atoms with Gasteiger partial charge in [-0.05, 0) is 12.2 Å². The van der Waals surface area contributed by atoms with Gasteiger partial charge in [-0.25, -0.2) is 0 Å². The number of thiocarbonyl (C=S) groups is 1. The fraction of sp³-hybridized carbons (Fsp3) is 0.200. The first kappa shape index (κ1) is 7.01. The van der Waals surface area contributed by atoms with Crippen molar-refractivity contribution in [3.05, 3.63) is 12.3 Å². The van der Waals surface area contributed by atoms with E-state index < -0.39 is 0 Å². The molecule has 0 aromatic carbocycles. The monoisotopic (exact) mass is 157 g/mol. The number of hydrazine groups is 1. The fourth-order valence-electron chi connectivity index (χ4n) is 0.700. The Labute approximate surface area is 63.6 Å². The van der Waals surface area contributed by atoms with Gasteiger partial charge in [0.2, 0.25) is 0 Å². The van der Waals surface area contributed by atoms with Crippen LogP contribution in [0.4, 0.5) is 0 Å². The van der Waals surface area contributed by atoms with Gasteiger partial charge in [-0.15, -0.1) is 0 Å². The third-order valence-corrected chi connectivity index (χ3v) is 1.29. The Morgan fingerprint density at radius 2 is 2.50 bits per heavy atom. The Bertz CT molecular complexity index is 213. The van der Waals surface area contributed by atoms with Crippen molar-refractivity contribution in [3.63, 3.8) is 0 Å². The van der Waals surface area contributed by atoms with Gasteiger partial charge in [-0.1, -0.05) is 6.58 Å². The van der Waals surface area contributed by atoms with E-state index in [2.05, 4.69) is 24.2 Å². The summed E-state index contributed by atoms with van der Waals surface area (Å²) < 4.78 is 0. The molecule has 0 radical (unpaired) electrons. The maximum absolute atomic E-state index is 10.9. The van der Waals surface area contributed by atoms with Crippen molar-refractivity contribution in [1.82, 2.24) is 10.4 Å². The molecule has 1 aliphatic rings. The molecule has 1 fully saturated rings. The lowest BCUT2D eigenvalue weighted by molar-refractivity contribution is -0.125. The summed E-state index contributed by atoms with van der Waals surface area (Å²) in [6.07, 6.45) is 0.275. The zero-order valence-electron chi connectivity index (χ0n) is 5.26. The fourth-order valence-corrected chi connectivity index (χ4v) is 0.847. The molecule has 1 heterocycles. The predicted octanol–water partition coefficient (Wildman–Crippen LogP) is -0.519. The van der Waals surface area contributed by atoms with Gasteiger partial charge < -0.3 is 5.73 Å². The summed E-state index contributed by atoms with van der Waals surface area (Å²) in [5.41, 5.74) is 8.43. The average Bonchev–Trinajstić information content (AvgIpc) is 2.10. The lowest BCUT2D eigenvalue weighted by atomic mass is 10.4. The molecule has 0 aromatic heterocycles. The summed E-state index contributed by atoms with van der Waals surface area (Å²) in [6.45, 7) is 3.55. The molecular formula is C5H7N3OS. The maximum atomic E-state index is 10.9. The SMILES string of the molecule is C=C1CC(=O)N(C(N)=S)N1. The van der Waals surface area contributed by atoms with Crippen molar-refractivity contribution in [2.45, 2.75) is 6.42 Å². The van der Waals surface area contributed by atoms with Crippen LogP contribution in [0.15, 0.2) is 12.3 Å². The van der Waals surface area contributed by atoms with Crippen molar-refractivity contribution >= 4 is 23.2 Å². The second-order valence-corrected chi connectivity index (χ2v) is 2.38. The van der Waals surface area contributed by atoms with E-state index in [-0.39, 0.29) is 17.4 Å². The first-order chi connectivity index (χ1) is 4.61. The van der Waals surface area contributed by atoms with E-state index >= 15 is 0 Å². The molecule has 1 rings (SSSR count). The lowest BCUT2D eigenvalue weighted by Crippen LogP contribution is -2.42. The summed E-state index contributed by atoms with van der Waals surface area (Å²) >= 11 is 4.56. The second-order valence-electron chi connectivity index (χ2n) is 1.96. The molecule has 4 nitrogen and oxygen atoms in total. The summed E-state index contributed by atoms with van der Waals surface area (Å²) in [7, 11) is 0. The Balaban J connectivity index is 2.72. The number of nitrogens with one attached hydrogen (secondary N) is 1. The number of carbonyl (C=O) groups excluding carboxylic acids is 1. The third-order valence-electron chi connectivity index (χ3n) is 1.10. The van der Waals surface area contributed by atoms with Gasteiger partial charge in [0.05, 0.1) is 6.42 Å². The Kier molecular flexibility index (Phi) is 1.58. The van der Waals surface area contributed by atoms with Crippen LogP contribution < -0.4 is 11.2 Å². The van der Waals surface area contributed by atoms with E-state index in [1.807, 2.05) is 0 Å². The van der Waals surface area contributed by atoms with Crippen LogP contribution in [-0.4, -0.2) is 16.0 Å². The Morgan fingerprint density at radius 1 is 1.90 bits per heavy atom. The van der Waals surface area contributed by atoms with Crippen molar-refractivity contribution < 1.29 is 4.79 Å². The number of nitrogens with two attached hydrogens (primary N) is 1. The molecule has 5 heteroatoms. The standard InChI is InChI=1S/C5H7N3OS/c1-3-2-4(9)8(7-3)5(6)10/h7H,1-2H2,(H2,6,10). The van der Waals surface area contributed by atoms with E-state index in [9.17, 15) is 4.79 Å². The van der Waals surface area contributed by atoms with Gasteiger partial charge >= 0.3 is 0 Å². The molecule has 0 aliphatic carbocycles. The normalized spacial score (nSPS) is 17.4. The van der Waals surface area contributed by atoms with Crippen LogP contribution in [-0.2, 0) is 4.79 Å². The molecular weight excluding hydrogens is 150 g/mol. The molecule has 1 saturated heterocycles. The topological polar surface area (TPSA) is 58.4 Å². The highest BCUT2D eigenvalue weighted by atomic mass is 32.1. The van der Waals surface area contributed by atoms with Crippen LogP contribution in [0.2, 0.25) is 0 Å². The molecule has 1 aliphatic heterocycles. The second kappa shape index (κ2) is 2.26. The highest BCUT2D eigenvalue weighted by Gasteiger charge is 2.24. The van der Waals surface area contributed by atoms with Crippen molar-refractivity contribution in [1.29, 1.82) is 0 Å². The first-order valence-corrected chi connectivity index (χ1v) is 3.09. The van der Waals surface area contributed by atoms with E-state index in [1.54, 1.807) is 0 Å². The summed E-state index contributed by atoms with van der Waals surface area (Å²) in [4.78, 5) is 10.9. The largest absolute Gasteiger partial charge is 0.374 e. The third kappa shape index (κ3) is 1.08. The van der Waals surface area contributed by atoms with E-state index in [4.69, 9.17) is 5.73 Å². The molecule has 0 saturated carbocycles. The molecule has 0 aromatic rings. The minimum absolute atomic E-state index is 0.0312. The van der Waals surface area contributed by atoms with Gasteiger partial charge in [0, 0.05) is 5.70 Å². The van der Waals surface area contributed by atoms with Crippen LogP contribution in [0.1, 0.15) is 6.42 Å². The molecule has 0 bridgehead atoms. The van der Waals surface area contributed by atoms with Crippen molar-refractivity contribution in [2.75, 3.05) is 0 Å². The van der Waals surface area contributed by atoms with Crippen molar-refractivity contribution in [2.24, 2.45) is 5.73 Å². The average molecular weight is 157 g/mol. The quantitative estimate of drug-likeness (QED) is 0.464. The predicted molar refractivity (Wildman–Crippen MR) is 40.5 cm³/mol. The molecule has 54 valence electrons. The number of rotatable bonds is 0. The summed E-state index contributed by atoms with van der Waals surface area (Å²) in [5.74, 6) is -0.155. The molecule has 3 N–H and O–H groups in total. The molecule has 10 heavy (non-hydrogen) atoms. The molecule has 0 unspecified atom stereocenters. The van der Waals surface area contributed by atoms with Gasteiger partial charge in [0.15, 0.2) is 5.11 Å². The van der Waals surface area contributed by atoms with Gasteiger partial charge in [-0.3, -0.25) is 10.2 Å². The van der Waals surface area contributed by atoms with Crippen LogP contribution in [0, 0.1) is 0 Å². The van der Waals surface area contributed by atoms with E-state index in [1.165, 1.54) is 0 Å². The van der Waals surface area contributed by atoms with E-state index in [0.29, 0.717) is 5.70 Å². The number of amides is 1. The van der Waals surface area contributed by atoms with Crippen molar-refractivity contribution in [3.8, 4) is 0 Å². The zero-order chi connectivity index (χ0) is 7.72. The van der Waals surface area contributed by atoms with Gasteiger partial charge in [-0.2, -0.15) is 5.01 Å². The van der Waals surface area contributed by atoms with Crippen LogP contribution >= 0.6 is 12.2 Å². The smallest absolute Gasteiger partial charge is 0.253 e. The Morgan fingerprint density at radius 3 is 2.70 bits per heavy atom. The first-order valence-electron chi connectivity index (χ1n) is 2.68. The van der Waals surface area contributed by atoms with Gasteiger partial charge in [0.25, 0.3) is 5.91 Å². The number of nitrogens with zero attached hydrogens (tertiary/aromatic N) is 1. The zero-order valence-corrected chi connectivity index (χ0v) is 6.07. The minimum Gasteiger partial charge on any atom is -0.374 e. The number of carbonyl (C=O) groups is 1. The maximum Gasteiger partial charge on any atom is 0.253 e. The summed E-state index contributed by atoms with van der Waals surface area (Å²) in [5, 5.41) is 1.14. The molecule has 0 spiro atoms. The molecule has 0 atom stereocenters. The Hall–Kier alpha value is -1.10. The molecule has 1 amide bonds. The minimum atomic E-state index is -0.155. The lowest BCUT2D eigenvalue weighted by Gasteiger charge is -2.12. The highest BCUT2D eigenvalue weighted by Crippen LogP contribution is 2.07. The van der Waals surface area contributed by atoms with Crippen LogP contribution in [0.5, 0.6) is 0 Å². The van der Waals surface area contributed by atoms with Gasteiger partial charge in [0.1, 0.15) is 0 Å². The van der Waals surface area contributed by atoms with Crippen LogP contribution in [0.25, 0.3) is 0 Å². The number of hydrogen-bond donors (Lipinski definition) is 2. The van der Waals surface area contributed by atoms with E-state index in [0.717, 1.165) is 5.01 Å². The van der Waals surface area contributed by atoms with Crippen LogP contribution in [0.3, 0.4) is 0 Å².